The van der Waals surface area contributed by atoms with Gasteiger partial charge in [-0.15, -0.1) is 0 Å². The van der Waals surface area contributed by atoms with Crippen LogP contribution in [0.5, 0.6) is 0 Å². The molecule has 0 unspecified atom stereocenters. The van der Waals surface area contributed by atoms with E-state index in [2.05, 4.69) is 39.0 Å². The third kappa shape index (κ3) is 3.96. The molecule has 0 spiro atoms. The highest BCUT2D eigenvalue weighted by atomic mass is 16.5. The highest BCUT2D eigenvalue weighted by Crippen LogP contribution is 2.16. The maximum atomic E-state index is 5.21. The van der Waals surface area contributed by atoms with Gasteiger partial charge in [-0.1, -0.05) is 29.4 Å². The summed E-state index contributed by atoms with van der Waals surface area (Å²) in [5.74, 6) is 1.59. The zero-order chi connectivity index (χ0) is 17.6. The van der Waals surface area contributed by atoms with E-state index < -0.39 is 0 Å². The van der Waals surface area contributed by atoms with Gasteiger partial charge >= 0.3 is 0 Å². The molecule has 2 heterocycles. The van der Waals surface area contributed by atoms with E-state index in [0.717, 1.165) is 46.0 Å². The van der Waals surface area contributed by atoms with Crippen LogP contribution in [0.3, 0.4) is 0 Å². The Labute approximate surface area is 147 Å². The predicted molar refractivity (Wildman–Crippen MR) is 99.4 cm³/mol. The fraction of sp³-hybridized carbons (Fsp3) is 0.316. The minimum Gasteiger partial charge on any atom is -0.361 e. The molecule has 6 nitrogen and oxygen atoms in total. The predicted octanol–water partition coefficient (Wildman–Crippen LogP) is 3.09. The fourth-order valence-electron chi connectivity index (χ4n) is 2.73. The van der Waals surface area contributed by atoms with Gasteiger partial charge in [0.1, 0.15) is 5.76 Å². The zero-order valence-electron chi connectivity index (χ0n) is 14.8. The zero-order valence-corrected chi connectivity index (χ0v) is 14.8. The van der Waals surface area contributed by atoms with Crippen molar-refractivity contribution >= 4 is 16.9 Å². The Morgan fingerprint density at radius 1 is 1.16 bits per heavy atom. The summed E-state index contributed by atoms with van der Waals surface area (Å²) in [4.78, 5) is 9.18. The number of guanidine groups is 1. The molecule has 25 heavy (non-hydrogen) atoms. The van der Waals surface area contributed by atoms with Crippen molar-refractivity contribution in [1.29, 1.82) is 0 Å². The highest BCUT2D eigenvalue weighted by molar-refractivity contribution is 5.83. The number of fused-ring (bicyclic) bond motifs is 1. The SMILES string of the molecule is CCNC(=NCc1cccc2cccnc12)NCc1c(C)noc1C. The van der Waals surface area contributed by atoms with E-state index in [-0.39, 0.29) is 0 Å². The number of pyridine rings is 1. The minimum atomic E-state index is 0.561. The summed E-state index contributed by atoms with van der Waals surface area (Å²) in [6, 6.07) is 10.2. The molecule has 0 fully saturated rings. The number of rotatable bonds is 5. The topological polar surface area (TPSA) is 75.3 Å². The maximum Gasteiger partial charge on any atom is 0.191 e. The quantitative estimate of drug-likeness (QED) is 0.553. The summed E-state index contributed by atoms with van der Waals surface area (Å²) < 4.78 is 5.21. The number of aryl methyl sites for hydroxylation is 2. The average molecular weight is 337 g/mol. The van der Waals surface area contributed by atoms with Crippen LogP contribution in [0.15, 0.2) is 46.0 Å². The first kappa shape index (κ1) is 17.0. The van der Waals surface area contributed by atoms with Crippen molar-refractivity contribution in [3.05, 3.63) is 59.1 Å². The first-order chi connectivity index (χ1) is 12.2. The van der Waals surface area contributed by atoms with E-state index in [0.29, 0.717) is 13.1 Å². The van der Waals surface area contributed by atoms with Gasteiger partial charge in [0.05, 0.1) is 17.8 Å². The molecule has 0 aliphatic rings. The van der Waals surface area contributed by atoms with Crippen LogP contribution in [0.2, 0.25) is 0 Å². The van der Waals surface area contributed by atoms with Crippen molar-refractivity contribution in [3.8, 4) is 0 Å². The van der Waals surface area contributed by atoms with Crippen molar-refractivity contribution in [1.82, 2.24) is 20.8 Å². The van der Waals surface area contributed by atoms with Gasteiger partial charge in [0.15, 0.2) is 5.96 Å². The highest BCUT2D eigenvalue weighted by Gasteiger charge is 2.09. The van der Waals surface area contributed by atoms with E-state index in [1.807, 2.05) is 39.1 Å². The van der Waals surface area contributed by atoms with Gasteiger partial charge in [-0.05, 0) is 32.4 Å². The Kier molecular flexibility index (Phi) is 5.28. The summed E-state index contributed by atoms with van der Waals surface area (Å²) in [6.07, 6.45) is 1.82. The van der Waals surface area contributed by atoms with Crippen molar-refractivity contribution < 1.29 is 4.52 Å². The van der Waals surface area contributed by atoms with Crippen LogP contribution in [-0.2, 0) is 13.1 Å². The molecule has 0 saturated carbocycles. The number of aromatic nitrogens is 2. The largest absolute Gasteiger partial charge is 0.361 e. The van der Waals surface area contributed by atoms with Gasteiger partial charge in [0.25, 0.3) is 0 Å². The van der Waals surface area contributed by atoms with Crippen molar-refractivity contribution in [2.45, 2.75) is 33.9 Å². The Morgan fingerprint density at radius 3 is 2.76 bits per heavy atom. The van der Waals surface area contributed by atoms with E-state index in [9.17, 15) is 0 Å². The van der Waals surface area contributed by atoms with Crippen molar-refractivity contribution in [2.24, 2.45) is 4.99 Å². The smallest absolute Gasteiger partial charge is 0.191 e. The molecule has 2 aromatic heterocycles. The lowest BCUT2D eigenvalue weighted by Gasteiger charge is -2.11. The molecule has 130 valence electrons. The number of aliphatic imine (C=N–C) groups is 1. The Bertz CT molecular complexity index is 860. The van der Waals surface area contributed by atoms with Gasteiger partial charge in [0, 0.05) is 30.2 Å². The van der Waals surface area contributed by atoms with Gasteiger partial charge < -0.3 is 15.2 Å². The van der Waals surface area contributed by atoms with E-state index >= 15 is 0 Å². The van der Waals surface area contributed by atoms with E-state index in [1.165, 1.54) is 0 Å². The second-order valence-corrected chi connectivity index (χ2v) is 5.84. The molecular weight excluding hydrogens is 314 g/mol. The lowest BCUT2D eigenvalue weighted by atomic mass is 10.1. The van der Waals surface area contributed by atoms with Crippen LogP contribution < -0.4 is 10.6 Å². The lowest BCUT2D eigenvalue weighted by molar-refractivity contribution is 0.392. The van der Waals surface area contributed by atoms with E-state index in [1.54, 1.807) is 0 Å². The first-order valence-corrected chi connectivity index (χ1v) is 8.45. The Hall–Kier alpha value is -2.89. The molecule has 2 N–H and O–H groups in total. The van der Waals surface area contributed by atoms with Gasteiger partial charge in [-0.25, -0.2) is 4.99 Å². The molecular formula is C19H23N5O. The third-order valence-electron chi connectivity index (χ3n) is 4.08. The van der Waals surface area contributed by atoms with Crippen LogP contribution >= 0.6 is 0 Å². The Balaban J connectivity index is 1.75. The van der Waals surface area contributed by atoms with Gasteiger partial charge in [0.2, 0.25) is 0 Å². The molecule has 0 aliphatic heterocycles. The number of benzene rings is 1. The molecule has 1 aromatic carbocycles. The summed E-state index contributed by atoms with van der Waals surface area (Å²) in [7, 11) is 0. The summed E-state index contributed by atoms with van der Waals surface area (Å²) in [5.41, 5.74) is 4.07. The minimum absolute atomic E-state index is 0.561. The molecule has 0 saturated heterocycles. The van der Waals surface area contributed by atoms with Crippen molar-refractivity contribution in [3.63, 3.8) is 0 Å². The third-order valence-corrected chi connectivity index (χ3v) is 4.08. The molecule has 3 aromatic rings. The Morgan fingerprint density at radius 2 is 2.00 bits per heavy atom. The van der Waals surface area contributed by atoms with Crippen LogP contribution in [0.1, 0.15) is 29.5 Å². The number of nitrogens with zero attached hydrogens (tertiary/aromatic N) is 3. The normalized spacial score (nSPS) is 11.7. The number of para-hydroxylation sites is 1. The standard InChI is InChI=1S/C19H23N5O/c1-4-20-19(23-12-17-13(2)24-25-14(17)3)22-11-16-8-5-7-15-9-6-10-21-18(15)16/h5-10H,4,11-12H2,1-3H3,(H2,20,22,23). The molecule has 3 rings (SSSR count). The van der Waals surface area contributed by atoms with Crippen molar-refractivity contribution in [2.75, 3.05) is 6.54 Å². The molecule has 0 atom stereocenters. The second-order valence-electron chi connectivity index (χ2n) is 5.84. The fourth-order valence-corrected chi connectivity index (χ4v) is 2.73. The second kappa shape index (κ2) is 7.79. The molecule has 0 amide bonds. The van der Waals surface area contributed by atoms with E-state index in [4.69, 9.17) is 9.52 Å². The van der Waals surface area contributed by atoms with Crippen LogP contribution in [0.4, 0.5) is 0 Å². The monoisotopic (exact) mass is 337 g/mol. The molecule has 6 heteroatoms. The summed E-state index contributed by atoms with van der Waals surface area (Å²) >= 11 is 0. The van der Waals surface area contributed by atoms with Crippen LogP contribution in [-0.4, -0.2) is 22.6 Å². The van der Waals surface area contributed by atoms with Crippen LogP contribution in [0.25, 0.3) is 10.9 Å². The molecule has 0 bridgehead atoms. The first-order valence-electron chi connectivity index (χ1n) is 8.45. The number of hydrogen-bond acceptors (Lipinski definition) is 4. The van der Waals surface area contributed by atoms with Gasteiger partial charge in [-0.2, -0.15) is 0 Å². The lowest BCUT2D eigenvalue weighted by Crippen LogP contribution is -2.37. The number of nitrogens with one attached hydrogen (secondary N) is 2. The molecule has 0 aliphatic carbocycles. The maximum absolute atomic E-state index is 5.21. The summed E-state index contributed by atoms with van der Waals surface area (Å²) in [6.45, 7) is 7.89. The number of hydrogen-bond donors (Lipinski definition) is 2. The average Bonchev–Trinajstić information content (AvgIpc) is 2.95. The van der Waals surface area contributed by atoms with Gasteiger partial charge in [-0.3, -0.25) is 4.98 Å². The summed E-state index contributed by atoms with van der Waals surface area (Å²) in [5, 5.41) is 11.7. The van der Waals surface area contributed by atoms with Crippen LogP contribution in [0, 0.1) is 13.8 Å². The molecule has 0 radical (unpaired) electrons.